The van der Waals surface area contributed by atoms with E-state index in [1.54, 1.807) is 23.6 Å². The number of halogens is 2. The maximum Gasteiger partial charge on any atom is 0.482 e. The molecule has 5 unspecified atom stereocenters. The molecule has 2 amide bonds. The van der Waals surface area contributed by atoms with Gasteiger partial charge in [-0.05, 0) is 75.7 Å². The molecule has 3 aliphatic carbocycles. The molecule has 3 saturated carbocycles. The van der Waals surface area contributed by atoms with E-state index < -0.39 is 48.2 Å². The molecule has 3 saturated heterocycles. The van der Waals surface area contributed by atoms with Crippen LogP contribution in [0.2, 0.25) is 0 Å². The number of benzene rings is 1. The van der Waals surface area contributed by atoms with Gasteiger partial charge in [-0.15, -0.1) is 0 Å². The lowest BCUT2D eigenvalue weighted by molar-refractivity contribution is -0.199. The molecule has 6 fully saturated rings. The fourth-order valence-corrected chi connectivity index (χ4v) is 8.80. The summed E-state index contributed by atoms with van der Waals surface area (Å²) in [5.41, 5.74) is -0.00314. The second-order valence-corrected chi connectivity index (χ2v) is 16.0. The van der Waals surface area contributed by atoms with Crippen molar-refractivity contribution in [3.63, 3.8) is 0 Å². The number of hydrogen-bond acceptors (Lipinski definition) is 7. The molecule has 7 atom stereocenters. The van der Waals surface area contributed by atoms with E-state index in [-0.39, 0.29) is 49.9 Å². The van der Waals surface area contributed by atoms with Crippen LogP contribution in [-0.4, -0.2) is 90.3 Å². The highest BCUT2D eigenvalue weighted by Gasteiger charge is 2.68. The minimum Gasteiger partial charge on any atom is -0.444 e. The van der Waals surface area contributed by atoms with Gasteiger partial charge < -0.3 is 24.3 Å². The van der Waals surface area contributed by atoms with Gasteiger partial charge in [-0.1, -0.05) is 56.0 Å². The quantitative estimate of drug-likeness (QED) is 0.297. The first-order valence-corrected chi connectivity index (χ1v) is 17.8. The van der Waals surface area contributed by atoms with Crippen molar-refractivity contribution in [2.45, 2.75) is 115 Å². The number of carbonyl (C=O) groups excluding carboxylic acids is 2. The third-order valence-corrected chi connectivity index (χ3v) is 12.0. The van der Waals surface area contributed by atoms with E-state index in [0.717, 1.165) is 18.4 Å². The van der Waals surface area contributed by atoms with Gasteiger partial charge in [0, 0.05) is 25.9 Å². The Hall–Kier alpha value is -3.19. The monoisotopic (exact) mass is 678 g/mol. The summed E-state index contributed by atoms with van der Waals surface area (Å²) in [4.78, 5) is 30.0. The molecule has 1 N–H and O–H groups in total. The summed E-state index contributed by atoms with van der Waals surface area (Å²) in [5, 5.41) is 12.9. The van der Waals surface area contributed by atoms with Crippen molar-refractivity contribution >= 4 is 19.1 Å². The zero-order valence-corrected chi connectivity index (χ0v) is 29.3. The number of nitriles is 1. The summed E-state index contributed by atoms with van der Waals surface area (Å²) in [5.74, 6) is 2.31. The molecule has 49 heavy (non-hydrogen) atoms. The van der Waals surface area contributed by atoms with Gasteiger partial charge in [-0.3, -0.25) is 9.69 Å². The minimum absolute atomic E-state index is 0.00718. The maximum atomic E-state index is 13.8. The molecule has 7 rings (SSSR count). The van der Waals surface area contributed by atoms with Crippen LogP contribution in [0.25, 0.3) is 0 Å². The van der Waals surface area contributed by atoms with Crippen molar-refractivity contribution in [1.82, 2.24) is 15.1 Å². The average Bonchev–Trinajstić information content (AvgIpc) is 3.62. The molecule has 3 heterocycles. The molecule has 6 aliphatic rings. The maximum absolute atomic E-state index is 13.8. The molecule has 2 bridgehead atoms. The molecule has 0 aromatic heterocycles. The molecular weight excluding hydrogens is 629 g/mol. The average molecular weight is 679 g/mol. The second-order valence-electron chi connectivity index (χ2n) is 16.0. The Morgan fingerprint density at radius 3 is 2.61 bits per heavy atom. The minimum atomic E-state index is -2.73. The van der Waals surface area contributed by atoms with Crippen LogP contribution in [0.4, 0.5) is 13.6 Å². The van der Waals surface area contributed by atoms with Crippen LogP contribution in [0.1, 0.15) is 78.7 Å². The first-order valence-electron chi connectivity index (χ1n) is 17.8. The van der Waals surface area contributed by atoms with Crippen molar-refractivity contribution in [1.29, 1.82) is 5.26 Å². The van der Waals surface area contributed by atoms with Gasteiger partial charge in [0.1, 0.15) is 12.0 Å². The van der Waals surface area contributed by atoms with Crippen LogP contribution in [0.3, 0.4) is 0 Å². The number of hydrogen-bond donors (Lipinski definition) is 1. The third kappa shape index (κ3) is 7.34. The van der Waals surface area contributed by atoms with E-state index in [9.17, 15) is 23.6 Å². The van der Waals surface area contributed by atoms with Gasteiger partial charge in [-0.25, -0.2) is 13.6 Å². The smallest absolute Gasteiger partial charge is 0.444 e. The Morgan fingerprint density at radius 2 is 1.94 bits per heavy atom. The number of amides is 2. The molecule has 9 nitrogen and oxygen atoms in total. The Balaban J connectivity index is 1.06. The van der Waals surface area contributed by atoms with Crippen LogP contribution >= 0.6 is 0 Å². The molecule has 1 aromatic rings. The molecule has 1 aromatic carbocycles. The first kappa shape index (κ1) is 35.6. The van der Waals surface area contributed by atoms with E-state index in [4.69, 9.17) is 14.0 Å². The highest BCUT2D eigenvalue weighted by molar-refractivity contribution is 6.47. The lowest BCUT2D eigenvalue weighted by Crippen LogP contribution is -2.65. The summed E-state index contributed by atoms with van der Waals surface area (Å²) >= 11 is 0. The number of rotatable bonds is 8. The van der Waals surface area contributed by atoms with Crippen LogP contribution in [0.15, 0.2) is 30.3 Å². The lowest BCUT2D eigenvalue weighted by atomic mass is 9.43. The molecule has 264 valence electrons. The first-order chi connectivity index (χ1) is 23.1. The molecule has 0 radical (unpaired) electrons. The predicted octanol–water partition coefficient (Wildman–Crippen LogP) is 5.24. The zero-order valence-electron chi connectivity index (χ0n) is 29.3. The van der Waals surface area contributed by atoms with Gasteiger partial charge in [0.25, 0.3) is 5.92 Å². The number of piperidine rings is 1. The summed E-state index contributed by atoms with van der Waals surface area (Å²) < 4.78 is 46.7. The van der Waals surface area contributed by atoms with Crippen molar-refractivity contribution in [2.75, 3.05) is 26.2 Å². The number of nitrogens with one attached hydrogen (secondary N) is 1. The highest BCUT2D eigenvalue weighted by Crippen LogP contribution is 2.65. The highest BCUT2D eigenvalue weighted by atomic mass is 19.3. The van der Waals surface area contributed by atoms with Gasteiger partial charge in [0.2, 0.25) is 5.91 Å². The number of alkyl halides is 2. The van der Waals surface area contributed by atoms with Crippen LogP contribution in [-0.2, 0) is 25.3 Å². The molecule has 0 spiro atoms. The van der Waals surface area contributed by atoms with Crippen LogP contribution < -0.4 is 5.32 Å². The van der Waals surface area contributed by atoms with Crippen LogP contribution in [0, 0.1) is 46.3 Å². The van der Waals surface area contributed by atoms with E-state index in [0.29, 0.717) is 37.6 Å². The molecular formula is C37H49BF2N4O5. The topological polar surface area (TPSA) is 104 Å². The van der Waals surface area contributed by atoms with Gasteiger partial charge in [0.05, 0.1) is 42.3 Å². The number of alkyl carbamates (subject to hydrolysis) is 1. The summed E-state index contributed by atoms with van der Waals surface area (Å²) in [6.07, 6.45) is 2.37. The van der Waals surface area contributed by atoms with E-state index in [1.165, 1.54) is 0 Å². The van der Waals surface area contributed by atoms with Gasteiger partial charge in [0.15, 0.2) is 0 Å². The molecule has 3 aliphatic heterocycles. The SMILES string of the molecule is CC1(C)C2CC1[C@]1(C)OB(C(Cc3ccccc3)NC(=O)OC3CCCN(C(=O)C(C#N)CC#CC(C)(C)N4CCC(F)(F)C4)C3)O[C@@H]1C2. The Bertz CT molecular complexity index is 1510. The predicted molar refractivity (Wildman–Crippen MR) is 180 cm³/mol. The fourth-order valence-electron chi connectivity index (χ4n) is 8.80. The van der Waals surface area contributed by atoms with E-state index in [1.807, 2.05) is 30.3 Å². The van der Waals surface area contributed by atoms with Crippen LogP contribution in [0.5, 0.6) is 0 Å². The number of likely N-dealkylation sites (tertiary alicyclic amines) is 2. The largest absolute Gasteiger partial charge is 0.482 e. The second kappa shape index (κ2) is 13.5. The summed E-state index contributed by atoms with van der Waals surface area (Å²) in [6, 6.07) is 12.0. The van der Waals surface area contributed by atoms with Crippen molar-refractivity contribution in [3.05, 3.63) is 35.9 Å². The normalized spacial score (nSPS) is 31.3. The van der Waals surface area contributed by atoms with E-state index >= 15 is 0 Å². The van der Waals surface area contributed by atoms with Gasteiger partial charge in [-0.2, -0.15) is 5.26 Å². The third-order valence-electron chi connectivity index (χ3n) is 12.0. The zero-order chi connectivity index (χ0) is 35.2. The molecule has 12 heteroatoms. The fraction of sp³-hybridized carbons (Fsp3) is 0.703. The van der Waals surface area contributed by atoms with Gasteiger partial charge >= 0.3 is 13.2 Å². The number of carbonyl (C=O) groups is 2. The van der Waals surface area contributed by atoms with Crippen molar-refractivity contribution < 1.29 is 32.4 Å². The van der Waals surface area contributed by atoms with Crippen molar-refractivity contribution in [3.8, 4) is 17.9 Å². The number of ether oxygens (including phenoxy) is 1. The summed E-state index contributed by atoms with van der Waals surface area (Å²) in [6.45, 7) is 10.8. The Morgan fingerprint density at radius 1 is 1.18 bits per heavy atom. The Kier molecular flexibility index (Phi) is 9.82. The van der Waals surface area contributed by atoms with E-state index in [2.05, 4.69) is 44.0 Å². The Labute approximate surface area is 289 Å². The van der Waals surface area contributed by atoms with Crippen molar-refractivity contribution in [2.24, 2.45) is 23.2 Å². The lowest BCUT2D eigenvalue weighted by Gasteiger charge is -2.64. The standard InChI is InChI=1S/C37H49BF2N4O5/c1-34(2,44-18-16-37(39,40)24-44)15-9-13-26(22-41)32(45)43-17-10-14-28(23-43)47-33(46)42-31(19-25-11-7-6-8-12-25)38-48-30-21-27-20-29(35(27,3)4)36(30,5)49-38/h6-8,11-12,26-31H,10,13-14,16-21,23-24H2,1-5H3,(H,42,46)/t26?,27?,28?,29?,30-,31?,36+/m1/s1. The number of nitrogens with zero attached hydrogens (tertiary/aromatic N) is 3. The summed E-state index contributed by atoms with van der Waals surface area (Å²) in [7, 11) is -0.633.